The van der Waals surface area contributed by atoms with Gasteiger partial charge in [-0.2, -0.15) is 0 Å². The van der Waals surface area contributed by atoms with Crippen molar-refractivity contribution in [1.29, 1.82) is 0 Å². The largest absolute Gasteiger partial charge is 0.396 e. The molecule has 0 radical (unpaired) electrons. The topological polar surface area (TPSA) is 78.4 Å². The van der Waals surface area contributed by atoms with E-state index >= 15 is 0 Å². The van der Waals surface area contributed by atoms with Crippen molar-refractivity contribution in [2.45, 2.75) is 58.4 Å². The van der Waals surface area contributed by atoms with Crippen LogP contribution in [-0.2, 0) is 9.59 Å². The molecule has 1 fully saturated rings. The summed E-state index contributed by atoms with van der Waals surface area (Å²) in [7, 11) is 0. The Hall–Kier alpha value is -1.88. The van der Waals surface area contributed by atoms with Gasteiger partial charge in [0.2, 0.25) is 0 Å². The molecule has 0 saturated heterocycles. The maximum Gasteiger partial charge on any atom is 0.313 e. The van der Waals surface area contributed by atoms with Crippen LogP contribution in [0.25, 0.3) is 0 Å². The van der Waals surface area contributed by atoms with Gasteiger partial charge in [-0.1, -0.05) is 37.0 Å². The van der Waals surface area contributed by atoms with E-state index in [1.807, 2.05) is 32.0 Å². The van der Waals surface area contributed by atoms with Gasteiger partial charge in [0.15, 0.2) is 0 Å². The van der Waals surface area contributed by atoms with E-state index < -0.39 is 11.8 Å². The van der Waals surface area contributed by atoms with Gasteiger partial charge in [-0.25, -0.2) is 0 Å². The third-order valence-electron chi connectivity index (χ3n) is 4.81. The second kappa shape index (κ2) is 8.83. The number of nitrogens with one attached hydrogen (secondary N) is 2. The van der Waals surface area contributed by atoms with Gasteiger partial charge < -0.3 is 15.7 Å². The molecule has 3 N–H and O–H groups in total. The molecular formula is C19H28N2O3. The molecule has 2 amide bonds. The quantitative estimate of drug-likeness (QED) is 0.725. The van der Waals surface area contributed by atoms with Gasteiger partial charge in [0.1, 0.15) is 0 Å². The van der Waals surface area contributed by atoms with Crippen molar-refractivity contribution >= 4 is 17.5 Å². The van der Waals surface area contributed by atoms with Crippen LogP contribution in [0.4, 0.5) is 5.69 Å². The van der Waals surface area contributed by atoms with Crippen molar-refractivity contribution in [1.82, 2.24) is 5.32 Å². The molecule has 24 heavy (non-hydrogen) atoms. The van der Waals surface area contributed by atoms with Crippen LogP contribution in [0.1, 0.15) is 49.7 Å². The van der Waals surface area contributed by atoms with Crippen LogP contribution in [0.5, 0.6) is 0 Å². The van der Waals surface area contributed by atoms with E-state index in [-0.39, 0.29) is 12.6 Å². The molecule has 1 aromatic carbocycles. The van der Waals surface area contributed by atoms with Crippen molar-refractivity contribution in [2.24, 2.45) is 5.92 Å². The van der Waals surface area contributed by atoms with Crippen molar-refractivity contribution in [3.63, 3.8) is 0 Å². The first-order chi connectivity index (χ1) is 11.5. The average Bonchev–Trinajstić information content (AvgIpc) is 2.57. The summed E-state index contributed by atoms with van der Waals surface area (Å²) in [5, 5.41) is 14.8. The number of aliphatic hydroxyl groups is 1. The van der Waals surface area contributed by atoms with E-state index in [9.17, 15) is 14.7 Å². The van der Waals surface area contributed by atoms with E-state index in [1.54, 1.807) is 0 Å². The monoisotopic (exact) mass is 332 g/mol. The minimum Gasteiger partial charge on any atom is -0.396 e. The number of carbonyl (C=O) groups is 2. The first-order valence-corrected chi connectivity index (χ1v) is 8.81. The minimum atomic E-state index is -0.652. The summed E-state index contributed by atoms with van der Waals surface area (Å²) < 4.78 is 0. The summed E-state index contributed by atoms with van der Waals surface area (Å²) >= 11 is 0. The molecule has 1 aliphatic carbocycles. The van der Waals surface area contributed by atoms with Crippen LogP contribution < -0.4 is 10.6 Å². The Bertz CT molecular complexity index is 580. The van der Waals surface area contributed by atoms with Crippen molar-refractivity contribution in [2.75, 3.05) is 11.9 Å². The normalized spacial score (nSPS) is 16.5. The SMILES string of the molecule is Cc1ccc(NC(=O)C(=O)NC(CCO)C2CCCCC2)c(C)c1. The molecule has 1 atom stereocenters. The first-order valence-electron chi connectivity index (χ1n) is 8.81. The lowest BCUT2D eigenvalue weighted by Gasteiger charge is -2.30. The predicted octanol–water partition coefficient (Wildman–Crippen LogP) is 2.69. The maximum absolute atomic E-state index is 12.2. The van der Waals surface area contributed by atoms with Crippen LogP contribution in [0.2, 0.25) is 0 Å². The van der Waals surface area contributed by atoms with Crippen LogP contribution in [0, 0.1) is 19.8 Å². The zero-order chi connectivity index (χ0) is 17.5. The Labute approximate surface area is 143 Å². The zero-order valence-corrected chi connectivity index (χ0v) is 14.6. The van der Waals surface area contributed by atoms with Gasteiger partial charge in [0.25, 0.3) is 0 Å². The standard InChI is InChI=1S/C19H28N2O3/c1-13-8-9-16(14(2)12-13)20-18(23)19(24)21-17(10-11-22)15-6-4-3-5-7-15/h8-9,12,15,17,22H,3-7,10-11H2,1-2H3,(H,20,23)(H,21,24). The van der Waals surface area contributed by atoms with Crippen molar-refractivity contribution < 1.29 is 14.7 Å². The number of rotatable bonds is 5. The summed E-state index contributed by atoms with van der Waals surface area (Å²) in [5.74, 6) is -0.927. The summed E-state index contributed by atoms with van der Waals surface area (Å²) in [6.45, 7) is 3.90. The minimum absolute atomic E-state index is 0.0140. The van der Waals surface area contributed by atoms with Crippen LogP contribution in [0.15, 0.2) is 18.2 Å². The number of amides is 2. The third kappa shape index (κ3) is 5.06. The number of benzene rings is 1. The molecule has 1 aromatic rings. The zero-order valence-electron chi connectivity index (χ0n) is 14.6. The number of carbonyl (C=O) groups excluding carboxylic acids is 2. The first kappa shape index (κ1) is 18.5. The second-order valence-electron chi connectivity index (χ2n) is 6.76. The molecule has 0 bridgehead atoms. The fourth-order valence-corrected chi connectivity index (χ4v) is 3.47. The highest BCUT2D eigenvalue weighted by atomic mass is 16.3. The molecule has 2 rings (SSSR count). The number of anilines is 1. The van der Waals surface area contributed by atoms with Gasteiger partial charge in [0, 0.05) is 18.3 Å². The van der Waals surface area contributed by atoms with Crippen molar-refractivity contribution in [3.05, 3.63) is 29.3 Å². The van der Waals surface area contributed by atoms with Gasteiger partial charge in [-0.05, 0) is 50.7 Å². The molecule has 132 valence electrons. The lowest BCUT2D eigenvalue weighted by Crippen LogP contribution is -2.46. The van der Waals surface area contributed by atoms with E-state index in [4.69, 9.17) is 0 Å². The molecule has 5 nitrogen and oxygen atoms in total. The highest BCUT2D eigenvalue weighted by Gasteiger charge is 2.27. The summed E-state index contributed by atoms with van der Waals surface area (Å²) in [6.07, 6.45) is 6.11. The van der Waals surface area contributed by atoms with E-state index in [0.29, 0.717) is 18.0 Å². The van der Waals surface area contributed by atoms with Gasteiger partial charge >= 0.3 is 11.8 Å². The predicted molar refractivity (Wildman–Crippen MR) is 94.8 cm³/mol. The number of hydrogen-bond acceptors (Lipinski definition) is 3. The van der Waals surface area contributed by atoms with Crippen molar-refractivity contribution in [3.8, 4) is 0 Å². The van der Waals surface area contributed by atoms with Gasteiger partial charge in [-0.15, -0.1) is 0 Å². The van der Waals surface area contributed by atoms with Crippen LogP contribution in [0.3, 0.4) is 0 Å². The Morgan fingerprint density at radius 3 is 2.50 bits per heavy atom. The molecule has 0 aromatic heterocycles. The lowest BCUT2D eigenvalue weighted by molar-refractivity contribution is -0.137. The molecule has 0 spiro atoms. The lowest BCUT2D eigenvalue weighted by atomic mass is 9.82. The van der Waals surface area contributed by atoms with Crippen LogP contribution >= 0.6 is 0 Å². The summed E-state index contributed by atoms with van der Waals surface area (Å²) in [4.78, 5) is 24.4. The Morgan fingerprint density at radius 1 is 1.17 bits per heavy atom. The maximum atomic E-state index is 12.2. The van der Waals surface area contributed by atoms with E-state index in [0.717, 1.165) is 36.8 Å². The molecule has 0 aliphatic heterocycles. The summed E-state index contributed by atoms with van der Waals surface area (Å²) in [5.41, 5.74) is 2.68. The number of aryl methyl sites for hydroxylation is 2. The number of hydrogen-bond donors (Lipinski definition) is 3. The van der Waals surface area contributed by atoms with Gasteiger partial charge in [0.05, 0.1) is 0 Å². The average molecular weight is 332 g/mol. The second-order valence-corrected chi connectivity index (χ2v) is 6.76. The third-order valence-corrected chi connectivity index (χ3v) is 4.81. The Balaban J connectivity index is 1.96. The fraction of sp³-hybridized carbons (Fsp3) is 0.579. The molecule has 0 heterocycles. The van der Waals surface area contributed by atoms with Gasteiger partial charge in [-0.3, -0.25) is 9.59 Å². The highest BCUT2D eigenvalue weighted by Crippen LogP contribution is 2.27. The number of aliphatic hydroxyl groups excluding tert-OH is 1. The van der Waals surface area contributed by atoms with Crippen LogP contribution in [-0.4, -0.2) is 29.6 Å². The Morgan fingerprint density at radius 2 is 1.88 bits per heavy atom. The van der Waals surface area contributed by atoms with E-state index in [1.165, 1.54) is 6.42 Å². The molecule has 5 heteroatoms. The summed E-state index contributed by atoms with van der Waals surface area (Å²) in [6, 6.07) is 5.54. The molecule has 1 aliphatic rings. The highest BCUT2D eigenvalue weighted by molar-refractivity contribution is 6.39. The molecular weight excluding hydrogens is 304 g/mol. The van der Waals surface area contributed by atoms with E-state index in [2.05, 4.69) is 10.6 Å². The smallest absolute Gasteiger partial charge is 0.313 e. The Kier molecular flexibility index (Phi) is 6.79. The fourth-order valence-electron chi connectivity index (χ4n) is 3.47. The molecule has 1 unspecified atom stereocenters. The molecule has 1 saturated carbocycles.